The SMILES string of the molecule is CCc1ccc(-c2ccc(C(=O)N(C)[C@H]3CCN(C(=O)N4CC[C@H](OS(C)(=O)=O)C4)C3)cc2)cc1. The fourth-order valence-corrected chi connectivity index (χ4v) is 5.42. The average Bonchev–Trinajstić information content (AvgIpc) is 3.52. The summed E-state index contributed by atoms with van der Waals surface area (Å²) in [5.74, 6) is -0.0695. The van der Waals surface area contributed by atoms with Crippen molar-refractivity contribution in [3.63, 3.8) is 0 Å². The zero-order valence-electron chi connectivity index (χ0n) is 20.5. The van der Waals surface area contributed by atoms with Crippen LogP contribution in [0, 0.1) is 0 Å². The minimum absolute atomic E-state index is 0.0695. The number of carbonyl (C=O) groups is 2. The first-order chi connectivity index (χ1) is 16.6. The molecule has 35 heavy (non-hydrogen) atoms. The molecular weight excluding hydrogens is 466 g/mol. The Kier molecular flexibility index (Phi) is 7.47. The Hall–Kier alpha value is -2.91. The van der Waals surface area contributed by atoms with E-state index in [1.54, 1.807) is 21.7 Å². The van der Waals surface area contributed by atoms with E-state index in [2.05, 4.69) is 31.2 Å². The number of hydrogen-bond acceptors (Lipinski definition) is 5. The Labute approximate surface area is 207 Å². The molecule has 0 spiro atoms. The maximum Gasteiger partial charge on any atom is 0.320 e. The predicted molar refractivity (Wildman–Crippen MR) is 135 cm³/mol. The molecule has 2 saturated heterocycles. The van der Waals surface area contributed by atoms with Crippen molar-refractivity contribution < 1.29 is 22.2 Å². The van der Waals surface area contributed by atoms with Gasteiger partial charge in [0.05, 0.1) is 24.9 Å². The van der Waals surface area contributed by atoms with Gasteiger partial charge in [-0.3, -0.25) is 8.98 Å². The van der Waals surface area contributed by atoms with Gasteiger partial charge in [-0.1, -0.05) is 43.3 Å². The van der Waals surface area contributed by atoms with Crippen LogP contribution in [0.4, 0.5) is 4.79 Å². The van der Waals surface area contributed by atoms with Crippen LogP contribution in [0.15, 0.2) is 48.5 Å². The van der Waals surface area contributed by atoms with Crippen LogP contribution in [0.25, 0.3) is 11.1 Å². The summed E-state index contributed by atoms with van der Waals surface area (Å²) in [6.45, 7) is 3.86. The summed E-state index contributed by atoms with van der Waals surface area (Å²) in [6.07, 6.45) is 2.72. The second kappa shape index (κ2) is 10.4. The first kappa shape index (κ1) is 25.2. The van der Waals surface area contributed by atoms with Gasteiger partial charge < -0.3 is 14.7 Å². The van der Waals surface area contributed by atoms with E-state index >= 15 is 0 Å². The minimum atomic E-state index is -3.55. The molecule has 2 aliphatic heterocycles. The molecular formula is C26H33N3O5S. The number of benzene rings is 2. The molecule has 2 fully saturated rings. The Bertz CT molecular complexity index is 1160. The molecule has 0 N–H and O–H groups in total. The first-order valence-electron chi connectivity index (χ1n) is 12.0. The van der Waals surface area contributed by atoms with Crippen LogP contribution >= 0.6 is 0 Å². The van der Waals surface area contributed by atoms with Crippen LogP contribution in [0.5, 0.6) is 0 Å². The molecule has 2 heterocycles. The summed E-state index contributed by atoms with van der Waals surface area (Å²) in [6, 6.07) is 15.9. The molecule has 0 aliphatic carbocycles. The highest BCUT2D eigenvalue weighted by Crippen LogP contribution is 2.24. The summed E-state index contributed by atoms with van der Waals surface area (Å²) in [5.41, 5.74) is 4.09. The Morgan fingerprint density at radius 1 is 0.943 bits per heavy atom. The van der Waals surface area contributed by atoms with Gasteiger partial charge in [-0.05, 0) is 48.1 Å². The van der Waals surface area contributed by atoms with Crippen molar-refractivity contribution in [2.45, 2.75) is 38.3 Å². The van der Waals surface area contributed by atoms with Gasteiger partial charge in [0.15, 0.2) is 0 Å². The van der Waals surface area contributed by atoms with Crippen molar-refractivity contribution in [3.05, 3.63) is 59.7 Å². The number of amides is 3. The maximum atomic E-state index is 13.1. The highest BCUT2D eigenvalue weighted by molar-refractivity contribution is 7.86. The van der Waals surface area contributed by atoms with Gasteiger partial charge in [0, 0.05) is 32.2 Å². The second-order valence-corrected chi connectivity index (χ2v) is 11.0. The Morgan fingerprint density at radius 3 is 2.11 bits per heavy atom. The number of likely N-dealkylation sites (tertiary alicyclic amines) is 2. The molecule has 2 atom stereocenters. The number of carbonyl (C=O) groups excluding carboxylic acids is 2. The first-order valence-corrected chi connectivity index (χ1v) is 13.8. The second-order valence-electron chi connectivity index (χ2n) is 9.37. The van der Waals surface area contributed by atoms with Crippen LogP contribution < -0.4 is 0 Å². The van der Waals surface area contributed by atoms with Crippen molar-refractivity contribution in [3.8, 4) is 11.1 Å². The van der Waals surface area contributed by atoms with E-state index in [0.717, 1.165) is 23.8 Å². The third-order valence-electron chi connectivity index (χ3n) is 6.86. The molecule has 0 saturated carbocycles. The number of hydrogen-bond donors (Lipinski definition) is 0. The van der Waals surface area contributed by atoms with Gasteiger partial charge in [-0.2, -0.15) is 8.42 Å². The number of nitrogens with zero attached hydrogens (tertiary/aromatic N) is 3. The van der Waals surface area contributed by atoms with Gasteiger partial charge in [-0.15, -0.1) is 0 Å². The number of aryl methyl sites for hydroxylation is 1. The fraction of sp³-hybridized carbons (Fsp3) is 0.462. The highest BCUT2D eigenvalue weighted by atomic mass is 32.2. The fourth-order valence-electron chi connectivity index (χ4n) is 4.77. The molecule has 2 aliphatic rings. The standard InChI is InChI=1S/C26H33N3O5S/c1-4-19-5-7-20(8-6-19)21-9-11-22(12-10-21)25(30)27(2)23-13-15-28(17-23)26(31)29-16-14-24(18-29)34-35(3,32)33/h5-12,23-24H,4,13-18H2,1-3H3/t23-,24-/m0/s1. The molecule has 0 aromatic heterocycles. The monoisotopic (exact) mass is 499 g/mol. The van der Waals surface area contributed by atoms with Crippen LogP contribution in [-0.4, -0.2) is 86.7 Å². The number of likely N-dealkylation sites (N-methyl/N-ethyl adjacent to an activating group) is 1. The van der Waals surface area contributed by atoms with E-state index < -0.39 is 16.2 Å². The van der Waals surface area contributed by atoms with Gasteiger partial charge in [0.2, 0.25) is 0 Å². The zero-order valence-corrected chi connectivity index (χ0v) is 21.3. The average molecular weight is 500 g/mol. The van der Waals surface area contributed by atoms with Gasteiger partial charge in [0.25, 0.3) is 16.0 Å². The van der Waals surface area contributed by atoms with Crippen LogP contribution in [0.2, 0.25) is 0 Å². The van der Waals surface area contributed by atoms with Crippen LogP contribution in [0.1, 0.15) is 35.7 Å². The maximum absolute atomic E-state index is 13.1. The zero-order chi connectivity index (χ0) is 25.2. The van der Waals surface area contributed by atoms with Crippen molar-refractivity contribution in [1.82, 2.24) is 14.7 Å². The van der Waals surface area contributed by atoms with E-state index in [1.807, 2.05) is 24.3 Å². The summed E-state index contributed by atoms with van der Waals surface area (Å²) in [5, 5.41) is 0. The molecule has 2 aromatic carbocycles. The molecule has 188 valence electrons. The molecule has 3 amide bonds. The smallest absolute Gasteiger partial charge is 0.320 e. The normalized spacial score (nSPS) is 20.3. The van der Waals surface area contributed by atoms with Gasteiger partial charge in [0.1, 0.15) is 0 Å². The molecule has 4 rings (SSSR count). The summed E-state index contributed by atoms with van der Waals surface area (Å²) in [7, 11) is -1.77. The van der Waals surface area contributed by atoms with Crippen molar-refractivity contribution in [1.29, 1.82) is 0 Å². The van der Waals surface area contributed by atoms with Gasteiger partial charge in [-0.25, -0.2) is 4.79 Å². The van der Waals surface area contributed by atoms with E-state index in [1.165, 1.54) is 5.56 Å². The summed E-state index contributed by atoms with van der Waals surface area (Å²) < 4.78 is 27.8. The van der Waals surface area contributed by atoms with E-state index in [9.17, 15) is 18.0 Å². The number of urea groups is 1. The quantitative estimate of drug-likeness (QED) is 0.570. The molecule has 0 unspecified atom stereocenters. The molecule has 8 nitrogen and oxygen atoms in total. The molecule has 9 heteroatoms. The van der Waals surface area contributed by atoms with Crippen LogP contribution in [-0.2, 0) is 20.7 Å². The molecule has 0 bridgehead atoms. The van der Waals surface area contributed by atoms with Crippen molar-refractivity contribution in [2.24, 2.45) is 0 Å². The lowest BCUT2D eigenvalue weighted by Gasteiger charge is -2.27. The number of rotatable bonds is 6. The largest absolute Gasteiger partial charge is 0.337 e. The van der Waals surface area contributed by atoms with E-state index in [-0.39, 0.29) is 24.5 Å². The van der Waals surface area contributed by atoms with Gasteiger partial charge >= 0.3 is 6.03 Å². The van der Waals surface area contributed by atoms with E-state index in [0.29, 0.717) is 38.0 Å². The molecule has 2 aromatic rings. The van der Waals surface area contributed by atoms with E-state index in [4.69, 9.17) is 4.18 Å². The topological polar surface area (TPSA) is 87.2 Å². The lowest BCUT2D eigenvalue weighted by Crippen LogP contribution is -2.44. The summed E-state index contributed by atoms with van der Waals surface area (Å²) >= 11 is 0. The Morgan fingerprint density at radius 2 is 1.51 bits per heavy atom. The van der Waals surface area contributed by atoms with Crippen molar-refractivity contribution in [2.75, 3.05) is 39.5 Å². The summed E-state index contributed by atoms with van der Waals surface area (Å²) in [4.78, 5) is 31.1. The predicted octanol–water partition coefficient (Wildman–Crippen LogP) is 3.23. The van der Waals surface area contributed by atoms with Crippen LogP contribution in [0.3, 0.4) is 0 Å². The Balaban J connectivity index is 1.33. The lowest BCUT2D eigenvalue weighted by atomic mass is 10.0. The minimum Gasteiger partial charge on any atom is -0.337 e. The third-order valence-corrected chi connectivity index (χ3v) is 7.48. The third kappa shape index (κ3) is 6.02. The highest BCUT2D eigenvalue weighted by Gasteiger charge is 2.36. The van der Waals surface area contributed by atoms with Crippen molar-refractivity contribution >= 4 is 22.1 Å². The molecule has 0 radical (unpaired) electrons. The lowest BCUT2D eigenvalue weighted by molar-refractivity contribution is 0.0735.